The molecule has 26 heavy (non-hydrogen) atoms. The van der Waals surface area contributed by atoms with Crippen molar-refractivity contribution < 1.29 is 19.5 Å². The minimum Gasteiger partial charge on any atom is -0.378 e. The summed E-state index contributed by atoms with van der Waals surface area (Å²) in [6.45, 7) is 2.85. The van der Waals surface area contributed by atoms with E-state index < -0.39 is 20.0 Å². The molecule has 0 amide bonds. The van der Waals surface area contributed by atoms with E-state index in [0.29, 0.717) is 6.54 Å². The van der Waals surface area contributed by atoms with Gasteiger partial charge in [-0.15, -0.1) is 0 Å². The van der Waals surface area contributed by atoms with Gasteiger partial charge in [0.15, 0.2) is 0 Å². The Bertz CT molecular complexity index is 371. The fourth-order valence-corrected chi connectivity index (χ4v) is 3.51. The maximum atomic E-state index is 10.7. The van der Waals surface area contributed by atoms with E-state index in [1.54, 1.807) is 0 Å². The first-order valence-corrected chi connectivity index (χ1v) is 12.4. The minimum atomic E-state index is -4.13. The van der Waals surface area contributed by atoms with Crippen LogP contribution in [0.1, 0.15) is 96.8 Å². The summed E-state index contributed by atoms with van der Waals surface area (Å²) >= 11 is 0. The lowest BCUT2D eigenvalue weighted by atomic mass is 10.1. The van der Waals surface area contributed by atoms with E-state index in [4.69, 9.17) is 9.79 Å². The van der Waals surface area contributed by atoms with Gasteiger partial charge >= 0.3 is 7.60 Å². The summed E-state index contributed by atoms with van der Waals surface area (Å²) in [6, 6.07) is 0. The molecule has 156 valence electrons. The quantitative estimate of drug-likeness (QED) is 0.106. The van der Waals surface area contributed by atoms with E-state index >= 15 is 0 Å². The van der Waals surface area contributed by atoms with E-state index in [-0.39, 0.29) is 0 Å². The molecule has 4 N–H and O–H groups in total. The Balaban J connectivity index is 3.22. The van der Waals surface area contributed by atoms with E-state index in [1.807, 2.05) is 0 Å². The Morgan fingerprint density at radius 2 is 1.27 bits per heavy atom. The maximum Gasteiger partial charge on any atom is 0.329 e. The molecule has 0 fully saturated rings. The number of hydrogen-bond acceptors (Lipinski definition) is 3. The van der Waals surface area contributed by atoms with Crippen molar-refractivity contribution in [2.24, 2.45) is 0 Å². The van der Waals surface area contributed by atoms with Crippen molar-refractivity contribution in [2.75, 3.05) is 12.7 Å². The summed E-state index contributed by atoms with van der Waals surface area (Å²) in [5.74, 6) is 0. The first kappa shape index (κ1) is 25.8. The zero-order valence-corrected chi connectivity index (χ0v) is 17.6. The van der Waals surface area contributed by atoms with Crippen LogP contribution in [0.5, 0.6) is 0 Å². The molecule has 0 aliphatic heterocycles. The standard InChI is InChI=1S/C20H42NO4P/c1-2-3-4-5-6-7-8-9-10-11-12-13-14-15-16-17-18-21-20(22)19-26(23,24)25/h9-10,20-22H,2-8,11-19H2,1H3,(H2,23,24,25)/b10-9-. The molecule has 0 rings (SSSR count). The van der Waals surface area contributed by atoms with Crippen LogP contribution >= 0.6 is 7.60 Å². The smallest absolute Gasteiger partial charge is 0.329 e. The van der Waals surface area contributed by atoms with Gasteiger partial charge < -0.3 is 14.9 Å². The molecular weight excluding hydrogens is 349 g/mol. The fourth-order valence-electron chi connectivity index (χ4n) is 2.93. The van der Waals surface area contributed by atoms with Gasteiger partial charge in [0.2, 0.25) is 0 Å². The van der Waals surface area contributed by atoms with Crippen LogP contribution in [0.25, 0.3) is 0 Å². The highest BCUT2D eigenvalue weighted by Crippen LogP contribution is 2.34. The Morgan fingerprint density at radius 3 is 1.77 bits per heavy atom. The Hall–Kier alpha value is -0.190. The van der Waals surface area contributed by atoms with Gasteiger partial charge in [0.05, 0.1) is 6.16 Å². The fraction of sp³-hybridized carbons (Fsp3) is 0.900. The SMILES string of the molecule is CCCCCCCC/C=C\CCCCCCCCNC(O)CP(=O)(O)O. The maximum absolute atomic E-state index is 10.7. The second-order valence-corrected chi connectivity index (χ2v) is 8.95. The van der Waals surface area contributed by atoms with Crippen LogP contribution in [0.2, 0.25) is 0 Å². The van der Waals surface area contributed by atoms with Gasteiger partial charge in [0.1, 0.15) is 6.23 Å². The second kappa shape index (κ2) is 18.2. The molecule has 0 bridgehead atoms. The van der Waals surface area contributed by atoms with Crippen LogP contribution in [0.3, 0.4) is 0 Å². The van der Waals surface area contributed by atoms with Gasteiger partial charge in [-0.3, -0.25) is 9.88 Å². The molecule has 0 heterocycles. The number of aliphatic hydroxyl groups is 1. The van der Waals surface area contributed by atoms with Crippen molar-refractivity contribution in [2.45, 2.75) is 103 Å². The molecule has 0 radical (unpaired) electrons. The normalized spacial score (nSPS) is 13.5. The molecule has 5 nitrogen and oxygen atoms in total. The van der Waals surface area contributed by atoms with Gasteiger partial charge in [-0.05, 0) is 38.6 Å². The summed E-state index contributed by atoms with van der Waals surface area (Å²) in [6.07, 6.45) is 20.6. The van der Waals surface area contributed by atoms with Crippen LogP contribution in [-0.4, -0.2) is 33.8 Å². The molecule has 0 saturated carbocycles. The Labute approximate surface area is 160 Å². The summed E-state index contributed by atoms with van der Waals surface area (Å²) in [5, 5.41) is 12.1. The van der Waals surface area contributed by atoms with Crippen LogP contribution in [-0.2, 0) is 4.57 Å². The molecule has 6 heteroatoms. The first-order chi connectivity index (χ1) is 12.5. The van der Waals surface area contributed by atoms with E-state index in [1.165, 1.54) is 77.0 Å². The van der Waals surface area contributed by atoms with Crippen molar-refractivity contribution >= 4 is 7.60 Å². The average molecular weight is 392 g/mol. The van der Waals surface area contributed by atoms with Crippen molar-refractivity contribution in [1.29, 1.82) is 0 Å². The van der Waals surface area contributed by atoms with E-state index in [0.717, 1.165) is 12.8 Å². The number of rotatable bonds is 19. The highest BCUT2D eigenvalue weighted by molar-refractivity contribution is 7.51. The third kappa shape index (κ3) is 21.9. The number of allylic oxidation sites excluding steroid dienone is 2. The lowest BCUT2D eigenvalue weighted by molar-refractivity contribution is 0.152. The Morgan fingerprint density at radius 1 is 0.808 bits per heavy atom. The van der Waals surface area contributed by atoms with Crippen molar-refractivity contribution in [1.82, 2.24) is 5.32 Å². The monoisotopic (exact) mass is 391 g/mol. The zero-order chi connectivity index (χ0) is 19.5. The van der Waals surface area contributed by atoms with Gasteiger partial charge in [0, 0.05) is 0 Å². The third-order valence-electron chi connectivity index (χ3n) is 4.48. The Kier molecular flexibility index (Phi) is 18.1. The van der Waals surface area contributed by atoms with Crippen LogP contribution in [0.4, 0.5) is 0 Å². The lowest BCUT2D eigenvalue weighted by Gasteiger charge is -2.13. The second-order valence-electron chi connectivity index (χ2n) is 7.26. The van der Waals surface area contributed by atoms with Gasteiger partial charge in [-0.25, -0.2) is 0 Å². The van der Waals surface area contributed by atoms with Crippen molar-refractivity contribution in [3.8, 4) is 0 Å². The summed E-state index contributed by atoms with van der Waals surface area (Å²) in [4.78, 5) is 17.5. The average Bonchev–Trinajstić information content (AvgIpc) is 2.56. The third-order valence-corrected chi connectivity index (χ3v) is 5.30. The predicted octanol–water partition coefficient (Wildman–Crippen LogP) is 5.11. The molecule has 1 unspecified atom stereocenters. The van der Waals surface area contributed by atoms with E-state index in [9.17, 15) is 9.67 Å². The van der Waals surface area contributed by atoms with Gasteiger partial charge in [0.25, 0.3) is 0 Å². The predicted molar refractivity (Wildman–Crippen MR) is 110 cm³/mol. The molecule has 0 aliphatic carbocycles. The molecular formula is C20H42NO4P. The molecule has 0 aromatic rings. The minimum absolute atomic E-state index is 0.515. The number of unbranched alkanes of at least 4 members (excludes halogenated alkanes) is 12. The number of nitrogens with one attached hydrogen (secondary N) is 1. The van der Waals surface area contributed by atoms with Crippen molar-refractivity contribution in [3.63, 3.8) is 0 Å². The molecule has 0 spiro atoms. The number of aliphatic hydroxyl groups excluding tert-OH is 1. The summed E-state index contributed by atoms with van der Waals surface area (Å²) < 4.78 is 10.7. The zero-order valence-electron chi connectivity index (χ0n) is 16.7. The van der Waals surface area contributed by atoms with Gasteiger partial charge in [-0.1, -0.05) is 76.9 Å². The largest absolute Gasteiger partial charge is 0.378 e. The van der Waals surface area contributed by atoms with Crippen molar-refractivity contribution in [3.05, 3.63) is 12.2 Å². The topological polar surface area (TPSA) is 89.8 Å². The number of hydrogen-bond donors (Lipinski definition) is 4. The van der Waals surface area contributed by atoms with Crippen LogP contribution < -0.4 is 5.32 Å². The summed E-state index contributed by atoms with van der Waals surface area (Å²) in [5.41, 5.74) is 0. The molecule has 0 aliphatic rings. The molecule has 1 atom stereocenters. The highest BCUT2D eigenvalue weighted by atomic mass is 31.2. The van der Waals surface area contributed by atoms with Crippen LogP contribution in [0, 0.1) is 0 Å². The van der Waals surface area contributed by atoms with E-state index in [2.05, 4.69) is 24.4 Å². The molecule has 0 aromatic carbocycles. The first-order valence-electron chi connectivity index (χ1n) is 10.6. The van der Waals surface area contributed by atoms with Gasteiger partial charge in [-0.2, -0.15) is 0 Å². The highest BCUT2D eigenvalue weighted by Gasteiger charge is 2.18. The molecule has 0 aromatic heterocycles. The molecule has 0 saturated heterocycles. The lowest BCUT2D eigenvalue weighted by Crippen LogP contribution is -2.32. The van der Waals surface area contributed by atoms with Crippen LogP contribution in [0.15, 0.2) is 12.2 Å². The summed E-state index contributed by atoms with van der Waals surface area (Å²) in [7, 11) is -4.13.